The van der Waals surface area contributed by atoms with E-state index in [9.17, 15) is 9.59 Å². The first kappa shape index (κ1) is 24.0. The lowest BCUT2D eigenvalue weighted by Gasteiger charge is -2.32. The van der Waals surface area contributed by atoms with Crippen molar-refractivity contribution in [3.05, 3.63) is 58.2 Å². The highest BCUT2D eigenvalue weighted by atomic mass is 35.5. The lowest BCUT2D eigenvalue weighted by molar-refractivity contribution is -0.125. The number of nitrogens with one attached hydrogen (secondary N) is 3. The van der Waals surface area contributed by atoms with Crippen LogP contribution in [0.5, 0.6) is 5.88 Å². The van der Waals surface area contributed by atoms with Crippen molar-refractivity contribution in [1.82, 2.24) is 20.9 Å². The van der Waals surface area contributed by atoms with Gasteiger partial charge in [-0.25, -0.2) is 4.98 Å². The van der Waals surface area contributed by atoms with Crippen LogP contribution in [0.2, 0.25) is 5.02 Å². The van der Waals surface area contributed by atoms with Crippen LogP contribution in [0.4, 0.5) is 0 Å². The molecule has 1 aromatic heterocycles. The number of carbonyl (C=O) groups excluding carboxylic acids is 2. The van der Waals surface area contributed by atoms with Crippen LogP contribution in [0.15, 0.2) is 36.5 Å². The van der Waals surface area contributed by atoms with E-state index >= 15 is 0 Å². The summed E-state index contributed by atoms with van der Waals surface area (Å²) in [5, 5.41) is 9.81. The van der Waals surface area contributed by atoms with Gasteiger partial charge in [-0.2, -0.15) is 0 Å². The predicted octanol–water partition coefficient (Wildman–Crippen LogP) is 2.88. The fourth-order valence-electron chi connectivity index (χ4n) is 3.32. The first-order chi connectivity index (χ1) is 15.4. The Morgan fingerprint density at radius 1 is 1.28 bits per heavy atom. The molecular formula is C23H29ClN4O4. The van der Waals surface area contributed by atoms with Crippen molar-refractivity contribution in [3.63, 3.8) is 0 Å². The normalized spacial score (nSPS) is 18.3. The molecule has 2 heterocycles. The third-order valence-corrected chi connectivity index (χ3v) is 5.47. The molecule has 1 aromatic carbocycles. The summed E-state index contributed by atoms with van der Waals surface area (Å²) in [4.78, 5) is 28.6. The number of rotatable bonds is 9. The summed E-state index contributed by atoms with van der Waals surface area (Å²) in [6.45, 7) is 4.98. The molecule has 0 radical (unpaired) electrons. The van der Waals surface area contributed by atoms with E-state index in [1.54, 1.807) is 25.4 Å². The minimum atomic E-state index is -0.466. The van der Waals surface area contributed by atoms with Crippen LogP contribution in [-0.4, -0.2) is 37.1 Å². The molecule has 3 rings (SSSR count). The Hall–Kier alpha value is -2.68. The van der Waals surface area contributed by atoms with Gasteiger partial charge in [0.15, 0.2) is 0 Å². The molecule has 0 spiro atoms. The van der Waals surface area contributed by atoms with Crippen molar-refractivity contribution in [2.45, 2.75) is 39.0 Å². The van der Waals surface area contributed by atoms with E-state index < -0.39 is 6.17 Å². The van der Waals surface area contributed by atoms with Crippen molar-refractivity contribution in [2.24, 2.45) is 5.92 Å². The lowest BCUT2D eigenvalue weighted by atomic mass is 9.99. The number of benzene rings is 1. The highest BCUT2D eigenvalue weighted by Crippen LogP contribution is 2.30. The van der Waals surface area contributed by atoms with E-state index in [1.165, 1.54) is 0 Å². The third kappa shape index (κ3) is 6.41. The smallest absolute Gasteiger partial charge is 0.223 e. The van der Waals surface area contributed by atoms with E-state index in [4.69, 9.17) is 21.1 Å². The Kier molecular flexibility index (Phi) is 8.44. The van der Waals surface area contributed by atoms with Gasteiger partial charge in [0.05, 0.1) is 6.61 Å². The minimum absolute atomic E-state index is 0.0206. The quantitative estimate of drug-likeness (QED) is 0.497. The van der Waals surface area contributed by atoms with Crippen LogP contribution >= 0.6 is 11.6 Å². The molecule has 3 N–H and O–H groups in total. The van der Waals surface area contributed by atoms with E-state index in [2.05, 4.69) is 20.9 Å². The van der Waals surface area contributed by atoms with Gasteiger partial charge in [0, 0.05) is 54.9 Å². The van der Waals surface area contributed by atoms with E-state index in [0.717, 1.165) is 16.7 Å². The van der Waals surface area contributed by atoms with Crippen LogP contribution in [-0.2, 0) is 20.9 Å². The second kappa shape index (κ2) is 11.3. The highest BCUT2D eigenvalue weighted by Gasteiger charge is 2.29. The Labute approximate surface area is 193 Å². The van der Waals surface area contributed by atoms with Gasteiger partial charge in [-0.1, -0.05) is 37.6 Å². The summed E-state index contributed by atoms with van der Waals surface area (Å²) in [6, 6.07) is 8.98. The first-order valence-corrected chi connectivity index (χ1v) is 10.9. The maximum atomic E-state index is 12.4. The molecule has 2 unspecified atom stereocenters. The summed E-state index contributed by atoms with van der Waals surface area (Å²) < 4.78 is 10.5. The number of hydrogen-bond donors (Lipinski definition) is 3. The molecule has 8 nitrogen and oxygen atoms in total. The molecule has 2 amide bonds. The number of hydrogen-bond acceptors (Lipinski definition) is 6. The summed E-state index contributed by atoms with van der Waals surface area (Å²) in [5.41, 5.74) is 2.52. The standard InChI is InChI=1S/C23H29ClN4O4/c1-14(2)23(30)26-12-15-4-6-18(24)17(10-15)22-27-19(11-20(29)28-22)16-5-7-21(25-13-16)32-9-8-31-3/h4-7,10,13-14,19,22,27H,8-9,11-12H2,1-3H3,(H,26,30)(H,28,29). The van der Waals surface area contributed by atoms with Crippen molar-refractivity contribution in [1.29, 1.82) is 0 Å². The average Bonchev–Trinajstić information content (AvgIpc) is 2.78. The number of halogens is 1. The summed E-state index contributed by atoms with van der Waals surface area (Å²) >= 11 is 6.45. The van der Waals surface area contributed by atoms with Gasteiger partial charge < -0.3 is 20.1 Å². The topological polar surface area (TPSA) is 102 Å². The van der Waals surface area contributed by atoms with E-state index in [-0.39, 0.29) is 30.2 Å². The molecule has 2 aromatic rings. The van der Waals surface area contributed by atoms with Crippen LogP contribution in [0.1, 0.15) is 49.2 Å². The monoisotopic (exact) mass is 460 g/mol. The third-order valence-electron chi connectivity index (χ3n) is 5.12. The predicted molar refractivity (Wildman–Crippen MR) is 121 cm³/mol. The maximum absolute atomic E-state index is 12.4. The molecule has 1 saturated heterocycles. The lowest BCUT2D eigenvalue weighted by Crippen LogP contribution is -2.46. The highest BCUT2D eigenvalue weighted by molar-refractivity contribution is 6.31. The van der Waals surface area contributed by atoms with Gasteiger partial charge in [0.2, 0.25) is 17.7 Å². The Morgan fingerprint density at radius 3 is 2.78 bits per heavy atom. The largest absolute Gasteiger partial charge is 0.475 e. The summed E-state index contributed by atoms with van der Waals surface area (Å²) in [6.07, 6.45) is 1.52. The Bertz CT molecular complexity index is 936. The van der Waals surface area contributed by atoms with Gasteiger partial charge in [0.25, 0.3) is 0 Å². The zero-order valence-electron chi connectivity index (χ0n) is 18.5. The fourth-order valence-corrected chi connectivity index (χ4v) is 3.55. The number of methoxy groups -OCH3 is 1. The van der Waals surface area contributed by atoms with E-state index in [1.807, 2.05) is 32.0 Å². The molecule has 1 aliphatic rings. The zero-order valence-corrected chi connectivity index (χ0v) is 19.2. The van der Waals surface area contributed by atoms with Crippen LogP contribution in [0, 0.1) is 5.92 Å². The molecule has 2 atom stereocenters. The number of amides is 2. The van der Waals surface area contributed by atoms with Crippen molar-refractivity contribution < 1.29 is 19.1 Å². The molecule has 32 heavy (non-hydrogen) atoms. The van der Waals surface area contributed by atoms with Crippen molar-refractivity contribution >= 4 is 23.4 Å². The zero-order chi connectivity index (χ0) is 23.1. The first-order valence-electron chi connectivity index (χ1n) is 10.6. The Balaban J connectivity index is 1.71. The maximum Gasteiger partial charge on any atom is 0.223 e. The molecule has 172 valence electrons. The van der Waals surface area contributed by atoms with Crippen molar-refractivity contribution in [2.75, 3.05) is 20.3 Å². The second-order valence-corrected chi connectivity index (χ2v) is 8.33. The number of aromatic nitrogens is 1. The second-order valence-electron chi connectivity index (χ2n) is 7.92. The fraction of sp³-hybridized carbons (Fsp3) is 0.435. The SMILES string of the molecule is COCCOc1ccc(C2CC(=O)NC(c3cc(CNC(=O)C(C)C)ccc3Cl)N2)cn1. The summed E-state index contributed by atoms with van der Waals surface area (Å²) in [5.74, 6) is 0.301. The van der Waals surface area contributed by atoms with Crippen molar-refractivity contribution in [3.8, 4) is 5.88 Å². The van der Waals surface area contributed by atoms with Gasteiger partial charge in [-0.3, -0.25) is 14.9 Å². The number of ether oxygens (including phenoxy) is 2. The van der Waals surface area contributed by atoms with E-state index in [0.29, 0.717) is 30.7 Å². The average molecular weight is 461 g/mol. The Morgan fingerprint density at radius 2 is 2.09 bits per heavy atom. The summed E-state index contributed by atoms with van der Waals surface area (Å²) in [7, 11) is 1.61. The molecule has 0 aliphatic carbocycles. The number of pyridine rings is 1. The molecule has 0 saturated carbocycles. The van der Waals surface area contributed by atoms with Gasteiger partial charge in [-0.05, 0) is 23.3 Å². The number of nitrogens with zero attached hydrogens (tertiary/aromatic N) is 1. The van der Waals surface area contributed by atoms with Crippen LogP contribution < -0.4 is 20.7 Å². The molecule has 0 bridgehead atoms. The van der Waals surface area contributed by atoms with Crippen LogP contribution in [0.3, 0.4) is 0 Å². The van der Waals surface area contributed by atoms with Crippen LogP contribution in [0.25, 0.3) is 0 Å². The number of carbonyl (C=O) groups is 2. The van der Waals surface area contributed by atoms with Gasteiger partial charge >= 0.3 is 0 Å². The molecular weight excluding hydrogens is 432 g/mol. The molecule has 1 fully saturated rings. The minimum Gasteiger partial charge on any atom is -0.475 e. The molecule has 1 aliphatic heterocycles. The van der Waals surface area contributed by atoms with Gasteiger partial charge in [0.1, 0.15) is 12.8 Å². The van der Waals surface area contributed by atoms with Gasteiger partial charge in [-0.15, -0.1) is 0 Å². The molecule has 9 heteroatoms.